The fourth-order valence-electron chi connectivity index (χ4n) is 1.72. The number of rotatable bonds is 7. The van der Waals surface area contributed by atoms with Crippen LogP contribution in [0, 0.1) is 0 Å². The third kappa shape index (κ3) is 5.35. The number of carboxylic acid groups (broad SMARTS) is 1. The molecule has 1 rings (SSSR count). The van der Waals surface area contributed by atoms with Crippen molar-refractivity contribution >= 4 is 27.8 Å². The first kappa shape index (κ1) is 17.5. The summed E-state index contributed by atoms with van der Waals surface area (Å²) in [5.74, 6) is -0.734. The smallest absolute Gasteiger partial charge is 0.323 e. The van der Waals surface area contributed by atoms with Gasteiger partial charge in [-0.3, -0.25) is 9.59 Å². The zero-order valence-corrected chi connectivity index (χ0v) is 13.9. The lowest BCUT2D eigenvalue weighted by Gasteiger charge is -2.23. The SMILES string of the molecule is COc1ccc(C(=O)N(CCN(C)C)CC(=O)O)cc1Br. The van der Waals surface area contributed by atoms with Crippen LogP contribution >= 0.6 is 15.9 Å². The highest BCUT2D eigenvalue weighted by Crippen LogP contribution is 2.26. The van der Waals surface area contributed by atoms with E-state index in [1.54, 1.807) is 18.2 Å². The molecule has 0 aliphatic carbocycles. The molecule has 1 N–H and O–H groups in total. The van der Waals surface area contributed by atoms with Gasteiger partial charge in [0.2, 0.25) is 0 Å². The molecule has 0 atom stereocenters. The first-order chi connectivity index (χ1) is 9.85. The van der Waals surface area contributed by atoms with Crippen LogP contribution in [0.15, 0.2) is 22.7 Å². The molecular weight excluding hydrogens is 340 g/mol. The molecule has 21 heavy (non-hydrogen) atoms. The van der Waals surface area contributed by atoms with Gasteiger partial charge >= 0.3 is 5.97 Å². The van der Waals surface area contributed by atoms with E-state index in [1.807, 2.05) is 19.0 Å². The summed E-state index contributed by atoms with van der Waals surface area (Å²) in [6.07, 6.45) is 0. The molecule has 1 aromatic carbocycles. The number of ether oxygens (including phenoxy) is 1. The lowest BCUT2D eigenvalue weighted by Crippen LogP contribution is -2.40. The highest BCUT2D eigenvalue weighted by Gasteiger charge is 2.19. The second kappa shape index (κ2) is 7.99. The number of benzene rings is 1. The van der Waals surface area contributed by atoms with Crippen molar-refractivity contribution in [1.82, 2.24) is 9.80 Å². The summed E-state index contributed by atoms with van der Waals surface area (Å²) in [5, 5.41) is 8.94. The van der Waals surface area contributed by atoms with E-state index in [4.69, 9.17) is 9.84 Å². The van der Waals surface area contributed by atoms with Crippen molar-refractivity contribution in [1.29, 1.82) is 0 Å². The molecule has 0 bridgehead atoms. The van der Waals surface area contributed by atoms with Crippen LogP contribution in [0.25, 0.3) is 0 Å². The number of hydrogen-bond donors (Lipinski definition) is 1. The van der Waals surface area contributed by atoms with E-state index in [9.17, 15) is 9.59 Å². The monoisotopic (exact) mass is 358 g/mol. The summed E-state index contributed by atoms with van der Waals surface area (Å²) in [5.41, 5.74) is 0.419. The van der Waals surface area contributed by atoms with E-state index in [1.165, 1.54) is 12.0 Å². The van der Waals surface area contributed by atoms with Gasteiger partial charge in [0.1, 0.15) is 12.3 Å². The Morgan fingerprint density at radius 2 is 1.95 bits per heavy atom. The molecular formula is C14H19BrN2O4. The maximum Gasteiger partial charge on any atom is 0.323 e. The van der Waals surface area contributed by atoms with Crippen molar-refractivity contribution in [2.24, 2.45) is 0 Å². The Hall–Kier alpha value is -1.60. The maximum atomic E-state index is 12.4. The van der Waals surface area contributed by atoms with Crippen molar-refractivity contribution in [2.75, 3.05) is 40.8 Å². The second-order valence-corrected chi connectivity index (χ2v) is 5.63. The fourth-order valence-corrected chi connectivity index (χ4v) is 2.26. The van der Waals surface area contributed by atoms with Crippen LogP contribution in [0.5, 0.6) is 5.75 Å². The first-order valence-electron chi connectivity index (χ1n) is 6.34. The maximum absolute atomic E-state index is 12.4. The third-order valence-corrected chi connectivity index (χ3v) is 3.45. The van der Waals surface area contributed by atoms with E-state index < -0.39 is 5.97 Å². The summed E-state index contributed by atoms with van der Waals surface area (Å²) in [7, 11) is 5.27. The van der Waals surface area contributed by atoms with Gasteiger partial charge in [-0.1, -0.05) is 0 Å². The third-order valence-electron chi connectivity index (χ3n) is 2.83. The molecule has 0 aromatic heterocycles. The number of hydrogen-bond acceptors (Lipinski definition) is 4. The quantitative estimate of drug-likeness (QED) is 0.800. The number of carbonyl (C=O) groups is 2. The van der Waals surface area contributed by atoms with Gasteiger partial charge in [-0.25, -0.2) is 0 Å². The minimum Gasteiger partial charge on any atom is -0.496 e. The predicted octanol–water partition coefficient (Wildman–Crippen LogP) is 1.55. The number of likely N-dealkylation sites (N-methyl/N-ethyl adjacent to an activating group) is 1. The summed E-state index contributed by atoms with van der Waals surface area (Å²) in [6.45, 7) is 0.619. The molecule has 1 amide bonds. The normalized spacial score (nSPS) is 10.5. The highest BCUT2D eigenvalue weighted by molar-refractivity contribution is 9.10. The van der Waals surface area contributed by atoms with Crippen LogP contribution < -0.4 is 4.74 Å². The van der Waals surface area contributed by atoms with Crippen molar-refractivity contribution in [2.45, 2.75) is 0 Å². The van der Waals surface area contributed by atoms with Gasteiger partial charge in [0, 0.05) is 18.7 Å². The van der Waals surface area contributed by atoms with E-state index in [2.05, 4.69) is 15.9 Å². The van der Waals surface area contributed by atoms with Gasteiger partial charge in [0.15, 0.2) is 0 Å². The Labute approximate surface area is 132 Å². The molecule has 6 nitrogen and oxygen atoms in total. The molecule has 0 spiro atoms. The van der Waals surface area contributed by atoms with Crippen molar-refractivity contribution < 1.29 is 19.4 Å². The molecule has 1 aromatic rings. The summed E-state index contributed by atoms with van der Waals surface area (Å²) < 4.78 is 5.76. The Morgan fingerprint density at radius 3 is 2.43 bits per heavy atom. The molecule has 0 aliphatic heterocycles. The second-order valence-electron chi connectivity index (χ2n) is 4.77. The van der Waals surface area contributed by atoms with E-state index in [0.29, 0.717) is 28.9 Å². The number of carbonyl (C=O) groups excluding carboxylic acids is 1. The van der Waals surface area contributed by atoms with Gasteiger partial charge in [-0.05, 0) is 48.2 Å². The van der Waals surface area contributed by atoms with E-state index in [-0.39, 0.29) is 12.5 Å². The molecule has 0 aliphatic rings. The lowest BCUT2D eigenvalue weighted by molar-refractivity contribution is -0.137. The van der Waals surface area contributed by atoms with Crippen LogP contribution in [-0.2, 0) is 4.79 Å². The number of methoxy groups -OCH3 is 1. The minimum absolute atomic E-state index is 0.317. The van der Waals surface area contributed by atoms with Gasteiger partial charge in [-0.15, -0.1) is 0 Å². The molecule has 0 unspecified atom stereocenters. The van der Waals surface area contributed by atoms with Gasteiger partial charge in [-0.2, -0.15) is 0 Å². The van der Waals surface area contributed by atoms with Crippen molar-refractivity contribution in [3.63, 3.8) is 0 Å². The van der Waals surface area contributed by atoms with Gasteiger partial charge < -0.3 is 19.6 Å². The molecule has 0 fully saturated rings. The van der Waals surface area contributed by atoms with Crippen LogP contribution in [0.3, 0.4) is 0 Å². The first-order valence-corrected chi connectivity index (χ1v) is 7.13. The zero-order valence-electron chi connectivity index (χ0n) is 12.3. The van der Waals surface area contributed by atoms with E-state index in [0.717, 1.165) is 0 Å². The van der Waals surface area contributed by atoms with Crippen LogP contribution in [0.1, 0.15) is 10.4 Å². The number of amides is 1. The summed E-state index contributed by atoms with van der Waals surface area (Å²) >= 11 is 3.32. The van der Waals surface area contributed by atoms with E-state index >= 15 is 0 Å². The minimum atomic E-state index is -1.03. The molecule has 7 heteroatoms. The molecule has 116 valence electrons. The van der Waals surface area contributed by atoms with Crippen molar-refractivity contribution in [3.05, 3.63) is 28.2 Å². The Morgan fingerprint density at radius 1 is 1.29 bits per heavy atom. The largest absolute Gasteiger partial charge is 0.496 e. The standard InChI is InChI=1S/C14H19BrN2O4/c1-16(2)6-7-17(9-13(18)19)14(20)10-4-5-12(21-3)11(15)8-10/h4-5,8H,6-7,9H2,1-3H3,(H,18,19). The average molecular weight is 359 g/mol. The van der Waals surface area contributed by atoms with Gasteiger partial charge in [0.25, 0.3) is 5.91 Å². The summed E-state index contributed by atoms with van der Waals surface area (Å²) in [4.78, 5) is 26.6. The zero-order chi connectivity index (χ0) is 16.0. The summed E-state index contributed by atoms with van der Waals surface area (Å²) in [6, 6.07) is 4.92. The Balaban J connectivity index is 2.92. The Bertz CT molecular complexity index is 520. The number of nitrogens with zero attached hydrogens (tertiary/aromatic N) is 2. The van der Waals surface area contributed by atoms with Gasteiger partial charge in [0.05, 0.1) is 11.6 Å². The number of carboxylic acids is 1. The molecule has 0 heterocycles. The molecule has 0 saturated carbocycles. The predicted molar refractivity (Wildman–Crippen MR) is 82.8 cm³/mol. The molecule has 0 radical (unpaired) electrons. The topological polar surface area (TPSA) is 70.1 Å². The number of halogens is 1. The van der Waals surface area contributed by atoms with Crippen LogP contribution in [-0.4, -0.2) is 67.6 Å². The van der Waals surface area contributed by atoms with Crippen LogP contribution in [0.4, 0.5) is 0 Å². The average Bonchev–Trinajstić information content (AvgIpc) is 2.42. The van der Waals surface area contributed by atoms with Crippen LogP contribution in [0.2, 0.25) is 0 Å². The fraction of sp³-hybridized carbons (Fsp3) is 0.429. The Kier molecular flexibility index (Phi) is 6.64. The van der Waals surface area contributed by atoms with Crippen molar-refractivity contribution in [3.8, 4) is 5.75 Å². The number of aliphatic carboxylic acids is 1. The molecule has 0 saturated heterocycles. The highest BCUT2D eigenvalue weighted by atomic mass is 79.9. The lowest BCUT2D eigenvalue weighted by atomic mass is 10.2.